The van der Waals surface area contributed by atoms with E-state index in [0.717, 1.165) is 10.8 Å². The average Bonchev–Trinajstić information content (AvgIpc) is 2.74. The Labute approximate surface area is 160 Å². The molecule has 2 heterocycles. The molecular formula is C21H17N5O2. The molecule has 0 atom stereocenters. The molecule has 1 N–H and O–H groups in total. The summed E-state index contributed by atoms with van der Waals surface area (Å²) in [6.45, 7) is 0.0197. The van der Waals surface area contributed by atoms with Crippen LogP contribution in [0.4, 0.5) is 5.95 Å². The van der Waals surface area contributed by atoms with Crippen molar-refractivity contribution in [3.05, 3.63) is 83.0 Å². The van der Waals surface area contributed by atoms with Crippen molar-refractivity contribution in [2.24, 2.45) is 7.05 Å². The van der Waals surface area contributed by atoms with Crippen molar-refractivity contribution in [1.82, 2.24) is 19.5 Å². The van der Waals surface area contributed by atoms with Crippen molar-refractivity contribution in [3.8, 4) is 11.4 Å². The number of carbonyl (C=O) groups is 1. The van der Waals surface area contributed by atoms with Gasteiger partial charge in [0.25, 0.3) is 5.56 Å². The van der Waals surface area contributed by atoms with Crippen LogP contribution in [0.2, 0.25) is 0 Å². The molecule has 28 heavy (non-hydrogen) atoms. The fraction of sp³-hybridized carbons (Fsp3) is 0.0952. The van der Waals surface area contributed by atoms with Crippen LogP contribution in [0.3, 0.4) is 0 Å². The SMILES string of the molecule is Cn1c(NCC(=O)c2ccc3ccccc3c2)nc(-c2ccncn2)cc1=O. The van der Waals surface area contributed by atoms with Gasteiger partial charge in [-0.05, 0) is 22.9 Å². The van der Waals surface area contributed by atoms with Gasteiger partial charge in [0.2, 0.25) is 5.95 Å². The van der Waals surface area contributed by atoms with Crippen molar-refractivity contribution in [2.75, 3.05) is 11.9 Å². The highest BCUT2D eigenvalue weighted by molar-refractivity contribution is 6.02. The number of anilines is 1. The van der Waals surface area contributed by atoms with Crippen LogP contribution < -0.4 is 10.9 Å². The molecular weight excluding hydrogens is 354 g/mol. The van der Waals surface area contributed by atoms with Crippen molar-refractivity contribution in [1.29, 1.82) is 0 Å². The Bertz CT molecular complexity index is 1220. The lowest BCUT2D eigenvalue weighted by atomic mass is 10.0. The maximum absolute atomic E-state index is 12.6. The summed E-state index contributed by atoms with van der Waals surface area (Å²) >= 11 is 0. The number of rotatable bonds is 5. The first-order valence-electron chi connectivity index (χ1n) is 8.72. The largest absolute Gasteiger partial charge is 0.348 e. The first-order chi connectivity index (χ1) is 13.6. The number of hydrogen-bond acceptors (Lipinski definition) is 6. The van der Waals surface area contributed by atoms with Crippen molar-refractivity contribution in [3.63, 3.8) is 0 Å². The van der Waals surface area contributed by atoms with Crippen LogP contribution in [0.15, 0.2) is 71.9 Å². The van der Waals surface area contributed by atoms with Crippen LogP contribution in [0.25, 0.3) is 22.2 Å². The molecule has 0 saturated heterocycles. The molecule has 0 aliphatic rings. The van der Waals surface area contributed by atoms with E-state index >= 15 is 0 Å². The summed E-state index contributed by atoms with van der Waals surface area (Å²) in [6, 6.07) is 16.5. The lowest BCUT2D eigenvalue weighted by Crippen LogP contribution is -2.24. The molecule has 4 rings (SSSR count). The van der Waals surface area contributed by atoms with Crippen LogP contribution >= 0.6 is 0 Å². The van der Waals surface area contributed by atoms with E-state index < -0.39 is 0 Å². The van der Waals surface area contributed by atoms with Gasteiger partial charge in [0.1, 0.15) is 6.33 Å². The third-order valence-electron chi connectivity index (χ3n) is 4.46. The van der Waals surface area contributed by atoms with Crippen LogP contribution in [0.1, 0.15) is 10.4 Å². The summed E-state index contributed by atoms with van der Waals surface area (Å²) in [5.41, 5.74) is 1.31. The van der Waals surface area contributed by atoms with Gasteiger partial charge in [-0.2, -0.15) is 0 Å². The second kappa shape index (κ2) is 7.40. The normalized spacial score (nSPS) is 10.8. The van der Waals surface area contributed by atoms with Crippen LogP contribution in [-0.2, 0) is 7.05 Å². The Morgan fingerprint density at radius 1 is 1.04 bits per heavy atom. The van der Waals surface area contributed by atoms with Crippen molar-refractivity contribution < 1.29 is 4.79 Å². The Balaban J connectivity index is 1.57. The lowest BCUT2D eigenvalue weighted by Gasteiger charge is -2.11. The highest BCUT2D eigenvalue weighted by atomic mass is 16.1. The number of nitrogens with one attached hydrogen (secondary N) is 1. The predicted octanol–water partition coefficient (Wildman–Crippen LogP) is 2.69. The van der Waals surface area contributed by atoms with Gasteiger partial charge in [-0.3, -0.25) is 14.2 Å². The molecule has 0 radical (unpaired) electrons. The van der Waals surface area contributed by atoms with Crippen LogP contribution in [0.5, 0.6) is 0 Å². The number of carbonyl (C=O) groups excluding carboxylic acids is 1. The van der Waals surface area contributed by atoms with Gasteiger partial charge in [-0.25, -0.2) is 15.0 Å². The smallest absolute Gasteiger partial charge is 0.255 e. The van der Waals surface area contributed by atoms with Gasteiger partial charge in [-0.1, -0.05) is 36.4 Å². The zero-order chi connectivity index (χ0) is 19.5. The molecule has 138 valence electrons. The molecule has 2 aromatic carbocycles. The zero-order valence-electron chi connectivity index (χ0n) is 15.2. The van der Waals surface area contributed by atoms with E-state index in [4.69, 9.17) is 0 Å². The molecule has 0 aliphatic heterocycles. The molecule has 7 heteroatoms. The second-order valence-electron chi connectivity index (χ2n) is 6.30. The van der Waals surface area contributed by atoms with Crippen LogP contribution in [-0.4, -0.2) is 31.8 Å². The fourth-order valence-electron chi connectivity index (χ4n) is 2.90. The van der Waals surface area contributed by atoms with E-state index in [1.54, 1.807) is 25.4 Å². The lowest BCUT2D eigenvalue weighted by molar-refractivity contribution is 0.101. The minimum atomic E-state index is -0.246. The number of aromatic nitrogens is 4. The minimum Gasteiger partial charge on any atom is -0.348 e. The van der Waals surface area contributed by atoms with Crippen molar-refractivity contribution in [2.45, 2.75) is 0 Å². The standard InChI is InChI=1S/C21H17N5O2/c1-26-20(28)11-18(17-8-9-22-13-24-17)25-21(26)23-12-19(27)16-7-6-14-4-2-3-5-15(14)10-16/h2-11,13H,12H2,1H3,(H,23,25). The van der Waals surface area contributed by atoms with Gasteiger partial charge in [0, 0.05) is 24.9 Å². The molecule has 0 amide bonds. The zero-order valence-corrected chi connectivity index (χ0v) is 15.2. The summed E-state index contributed by atoms with van der Waals surface area (Å²) in [5.74, 6) is 0.211. The predicted molar refractivity (Wildman–Crippen MR) is 107 cm³/mol. The number of fused-ring (bicyclic) bond motifs is 1. The first kappa shape index (κ1) is 17.5. The van der Waals surface area contributed by atoms with E-state index in [0.29, 0.717) is 22.9 Å². The molecule has 0 fully saturated rings. The summed E-state index contributed by atoms with van der Waals surface area (Å²) in [7, 11) is 1.60. The highest BCUT2D eigenvalue weighted by Crippen LogP contribution is 2.17. The molecule has 0 spiro atoms. The fourth-order valence-corrected chi connectivity index (χ4v) is 2.90. The molecule has 0 aliphatic carbocycles. The summed E-state index contributed by atoms with van der Waals surface area (Å²) in [4.78, 5) is 37.3. The number of benzene rings is 2. The van der Waals surface area contributed by atoms with Gasteiger partial charge in [-0.15, -0.1) is 0 Å². The number of nitrogens with zero attached hydrogens (tertiary/aromatic N) is 4. The Morgan fingerprint density at radius 2 is 1.86 bits per heavy atom. The van der Waals surface area contributed by atoms with Gasteiger partial charge >= 0.3 is 0 Å². The van der Waals surface area contributed by atoms with E-state index in [-0.39, 0.29) is 17.9 Å². The van der Waals surface area contributed by atoms with E-state index in [2.05, 4.69) is 20.3 Å². The Morgan fingerprint density at radius 3 is 2.64 bits per heavy atom. The number of hydrogen-bond donors (Lipinski definition) is 1. The van der Waals surface area contributed by atoms with Gasteiger partial charge < -0.3 is 5.32 Å². The van der Waals surface area contributed by atoms with Gasteiger partial charge in [0.05, 0.1) is 17.9 Å². The number of ketones is 1. The summed E-state index contributed by atoms with van der Waals surface area (Å²) in [6.07, 6.45) is 2.97. The highest BCUT2D eigenvalue weighted by Gasteiger charge is 2.11. The molecule has 4 aromatic rings. The number of Topliss-reactive ketones (excluding diaryl/α,β-unsaturated/α-hetero) is 1. The van der Waals surface area contributed by atoms with Crippen molar-refractivity contribution >= 4 is 22.5 Å². The average molecular weight is 371 g/mol. The molecule has 0 saturated carbocycles. The molecule has 0 bridgehead atoms. The second-order valence-corrected chi connectivity index (χ2v) is 6.30. The molecule has 2 aromatic heterocycles. The monoisotopic (exact) mass is 371 g/mol. The first-order valence-corrected chi connectivity index (χ1v) is 8.72. The van der Waals surface area contributed by atoms with E-state index in [1.807, 2.05) is 36.4 Å². The van der Waals surface area contributed by atoms with E-state index in [1.165, 1.54) is 17.0 Å². The molecule has 7 nitrogen and oxygen atoms in total. The maximum Gasteiger partial charge on any atom is 0.255 e. The minimum absolute atomic E-state index is 0.0197. The Kier molecular flexibility index (Phi) is 4.63. The molecule has 0 unspecified atom stereocenters. The topological polar surface area (TPSA) is 89.8 Å². The van der Waals surface area contributed by atoms with Gasteiger partial charge in [0.15, 0.2) is 5.78 Å². The summed E-state index contributed by atoms with van der Waals surface area (Å²) in [5, 5.41) is 5.05. The third kappa shape index (κ3) is 3.50. The maximum atomic E-state index is 12.6. The van der Waals surface area contributed by atoms with Crippen LogP contribution in [0, 0.1) is 0 Å². The Hall–Kier alpha value is -3.87. The quantitative estimate of drug-likeness (QED) is 0.543. The third-order valence-corrected chi connectivity index (χ3v) is 4.46. The summed E-state index contributed by atoms with van der Waals surface area (Å²) < 4.78 is 1.36. The van der Waals surface area contributed by atoms with E-state index in [9.17, 15) is 9.59 Å².